The molecule has 0 unspecified atom stereocenters. The Morgan fingerprint density at radius 2 is 1.81 bits per heavy atom. The number of methoxy groups -OCH3 is 1. The Kier molecular flexibility index (Phi) is 7.35. The number of ether oxygens (including phenoxy) is 2. The van der Waals surface area contributed by atoms with Crippen molar-refractivity contribution in [1.82, 2.24) is 15.1 Å². The molecule has 1 aliphatic heterocycles. The van der Waals surface area contributed by atoms with Crippen molar-refractivity contribution >= 4 is 11.8 Å². The van der Waals surface area contributed by atoms with Gasteiger partial charge >= 0.3 is 6.61 Å². The van der Waals surface area contributed by atoms with Gasteiger partial charge in [-0.2, -0.15) is 8.78 Å². The standard InChI is InChI=1S/C18H25F2N3O4/c1-12(2)21-16(24)11-22-6-8-23(9-7-22)17(25)13-4-5-14(27-18(19)20)15(10-13)26-3/h4-5,10,12,18H,6-9,11H2,1-3H3,(H,21,24). The van der Waals surface area contributed by atoms with E-state index in [-0.39, 0.29) is 29.4 Å². The summed E-state index contributed by atoms with van der Waals surface area (Å²) >= 11 is 0. The molecule has 1 saturated heterocycles. The maximum absolute atomic E-state index is 12.7. The number of amides is 2. The van der Waals surface area contributed by atoms with Crippen LogP contribution in [0.4, 0.5) is 8.78 Å². The van der Waals surface area contributed by atoms with Crippen LogP contribution >= 0.6 is 0 Å². The number of alkyl halides is 2. The lowest BCUT2D eigenvalue weighted by Gasteiger charge is -2.34. The molecule has 9 heteroatoms. The maximum atomic E-state index is 12.7. The zero-order valence-electron chi connectivity index (χ0n) is 15.7. The molecule has 1 heterocycles. The molecule has 27 heavy (non-hydrogen) atoms. The zero-order valence-corrected chi connectivity index (χ0v) is 15.7. The van der Waals surface area contributed by atoms with E-state index < -0.39 is 6.61 Å². The number of piperazine rings is 1. The third-order valence-corrected chi connectivity index (χ3v) is 4.10. The first kappa shape index (κ1) is 20.9. The van der Waals surface area contributed by atoms with Crippen molar-refractivity contribution < 1.29 is 27.8 Å². The second-order valence-corrected chi connectivity index (χ2v) is 6.53. The number of nitrogens with one attached hydrogen (secondary N) is 1. The number of halogens is 2. The van der Waals surface area contributed by atoms with Crippen LogP contribution in [-0.2, 0) is 4.79 Å². The third-order valence-electron chi connectivity index (χ3n) is 4.10. The Balaban J connectivity index is 1.94. The Bertz CT molecular complexity index is 662. The summed E-state index contributed by atoms with van der Waals surface area (Å²) in [7, 11) is 1.32. The molecule has 7 nitrogen and oxygen atoms in total. The average molecular weight is 385 g/mol. The summed E-state index contributed by atoms with van der Waals surface area (Å²) in [5.74, 6) is -0.303. The minimum atomic E-state index is -2.97. The van der Waals surface area contributed by atoms with Gasteiger partial charge in [-0.05, 0) is 32.0 Å². The van der Waals surface area contributed by atoms with Gasteiger partial charge in [0.2, 0.25) is 5.91 Å². The topological polar surface area (TPSA) is 71.1 Å². The lowest BCUT2D eigenvalue weighted by Crippen LogP contribution is -2.51. The van der Waals surface area contributed by atoms with Crippen molar-refractivity contribution in [2.24, 2.45) is 0 Å². The van der Waals surface area contributed by atoms with Crippen LogP contribution in [-0.4, -0.2) is 74.1 Å². The van der Waals surface area contributed by atoms with Crippen molar-refractivity contribution in [2.45, 2.75) is 26.5 Å². The van der Waals surface area contributed by atoms with Crippen LogP contribution in [0.15, 0.2) is 18.2 Å². The van der Waals surface area contributed by atoms with E-state index in [1.54, 1.807) is 4.90 Å². The molecule has 0 bridgehead atoms. The minimum Gasteiger partial charge on any atom is -0.493 e. The van der Waals surface area contributed by atoms with Gasteiger partial charge < -0.3 is 19.7 Å². The van der Waals surface area contributed by atoms with Crippen LogP contribution in [0.5, 0.6) is 11.5 Å². The Hall–Kier alpha value is -2.42. The number of benzene rings is 1. The molecule has 0 spiro atoms. The largest absolute Gasteiger partial charge is 0.493 e. The van der Waals surface area contributed by atoms with E-state index in [1.807, 2.05) is 18.7 Å². The smallest absolute Gasteiger partial charge is 0.387 e. The summed E-state index contributed by atoms with van der Waals surface area (Å²) < 4.78 is 34.2. The summed E-state index contributed by atoms with van der Waals surface area (Å²) in [6, 6.07) is 4.21. The summed E-state index contributed by atoms with van der Waals surface area (Å²) in [6.45, 7) is 3.26. The van der Waals surface area contributed by atoms with Gasteiger partial charge in [0.1, 0.15) is 0 Å². The van der Waals surface area contributed by atoms with E-state index in [9.17, 15) is 18.4 Å². The highest BCUT2D eigenvalue weighted by Crippen LogP contribution is 2.30. The highest BCUT2D eigenvalue weighted by molar-refractivity contribution is 5.95. The Labute approximate surface area is 157 Å². The van der Waals surface area contributed by atoms with Crippen molar-refractivity contribution in [3.63, 3.8) is 0 Å². The van der Waals surface area contributed by atoms with Gasteiger partial charge in [0.05, 0.1) is 13.7 Å². The predicted octanol–water partition coefficient (Wildman–Crippen LogP) is 1.58. The Morgan fingerprint density at radius 3 is 2.37 bits per heavy atom. The molecular formula is C18H25F2N3O4. The van der Waals surface area contributed by atoms with Gasteiger partial charge in [-0.15, -0.1) is 0 Å². The van der Waals surface area contributed by atoms with E-state index in [1.165, 1.54) is 25.3 Å². The van der Waals surface area contributed by atoms with E-state index >= 15 is 0 Å². The lowest BCUT2D eigenvalue weighted by atomic mass is 10.1. The van der Waals surface area contributed by atoms with Crippen LogP contribution in [0.1, 0.15) is 24.2 Å². The number of hydrogen-bond donors (Lipinski definition) is 1. The van der Waals surface area contributed by atoms with E-state index in [4.69, 9.17) is 4.74 Å². The maximum Gasteiger partial charge on any atom is 0.387 e. The monoisotopic (exact) mass is 385 g/mol. The summed E-state index contributed by atoms with van der Waals surface area (Å²) in [5, 5.41) is 2.84. The number of carbonyl (C=O) groups excluding carboxylic acids is 2. The third kappa shape index (κ3) is 6.06. The van der Waals surface area contributed by atoms with Crippen molar-refractivity contribution in [3.05, 3.63) is 23.8 Å². The van der Waals surface area contributed by atoms with Gasteiger partial charge in [-0.3, -0.25) is 14.5 Å². The van der Waals surface area contributed by atoms with Crippen molar-refractivity contribution in [2.75, 3.05) is 39.8 Å². The van der Waals surface area contributed by atoms with E-state index in [2.05, 4.69) is 10.1 Å². The molecule has 1 aromatic rings. The molecule has 1 aliphatic rings. The fourth-order valence-electron chi connectivity index (χ4n) is 2.86. The second-order valence-electron chi connectivity index (χ2n) is 6.53. The first-order valence-electron chi connectivity index (χ1n) is 8.74. The molecule has 150 valence electrons. The number of carbonyl (C=O) groups is 2. The molecule has 1 fully saturated rings. The molecular weight excluding hydrogens is 360 g/mol. The van der Waals surface area contributed by atoms with Crippen LogP contribution in [0.25, 0.3) is 0 Å². The SMILES string of the molecule is COc1cc(C(=O)N2CCN(CC(=O)NC(C)C)CC2)ccc1OC(F)F. The fraction of sp³-hybridized carbons (Fsp3) is 0.556. The molecule has 0 aromatic heterocycles. The normalized spacial score (nSPS) is 15.1. The van der Waals surface area contributed by atoms with E-state index in [0.717, 1.165) is 0 Å². The van der Waals surface area contributed by atoms with E-state index in [0.29, 0.717) is 38.3 Å². The second kappa shape index (κ2) is 9.50. The minimum absolute atomic E-state index is 0.0378. The lowest BCUT2D eigenvalue weighted by molar-refractivity contribution is -0.123. The first-order valence-corrected chi connectivity index (χ1v) is 8.74. The summed E-state index contributed by atoms with van der Waals surface area (Å²) in [5.41, 5.74) is 0.333. The highest BCUT2D eigenvalue weighted by atomic mass is 19.3. The van der Waals surface area contributed by atoms with Crippen LogP contribution in [0, 0.1) is 0 Å². The van der Waals surface area contributed by atoms with Gasteiger partial charge in [0, 0.05) is 37.8 Å². The van der Waals surface area contributed by atoms with Gasteiger partial charge in [0.15, 0.2) is 11.5 Å². The fourth-order valence-corrected chi connectivity index (χ4v) is 2.86. The van der Waals surface area contributed by atoms with Gasteiger partial charge in [-0.1, -0.05) is 0 Å². The predicted molar refractivity (Wildman–Crippen MR) is 95.2 cm³/mol. The summed E-state index contributed by atoms with van der Waals surface area (Å²) in [4.78, 5) is 28.1. The zero-order chi connectivity index (χ0) is 20.0. The molecule has 0 radical (unpaired) electrons. The summed E-state index contributed by atoms with van der Waals surface area (Å²) in [6.07, 6.45) is 0. The van der Waals surface area contributed by atoms with Crippen LogP contribution < -0.4 is 14.8 Å². The molecule has 1 N–H and O–H groups in total. The molecule has 0 aliphatic carbocycles. The number of rotatable bonds is 7. The van der Waals surface area contributed by atoms with Crippen molar-refractivity contribution in [1.29, 1.82) is 0 Å². The molecule has 1 aromatic carbocycles. The average Bonchev–Trinajstić information content (AvgIpc) is 2.61. The molecule has 2 amide bonds. The molecule has 2 rings (SSSR count). The van der Waals surface area contributed by atoms with Gasteiger partial charge in [0.25, 0.3) is 5.91 Å². The molecule has 0 atom stereocenters. The first-order chi connectivity index (χ1) is 12.8. The Morgan fingerprint density at radius 1 is 1.15 bits per heavy atom. The number of nitrogens with zero attached hydrogens (tertiary/aromatic N) is 2. The number of hydrogen-bond acceptors (Lipinski definition) is 5. The van der Waals surface area contributed by atoms with Crippen LogP contribution in [0.3, 0.4) is 0 Å². The highest BCUT2D eigenvalue weighted by Gasteiger charge is 2.24. The van der Waals surface area contributed by atoms with Crippen LogP contribution in [0.2, 0.25) is 0 Å². The quantitative estimate of drug-likeness (QED) is 0.772. The molecule has 0 saturated carbocycles. The van der Waals surface area contributed by atoms with Crippen molar-refractivity contribution in [3.8, 4) is 11.5 Å². The van der Waals surface area contributed by atoms with Gasteiger partial charge in [-0.25, -0.2) is 0 Å².